The predicted molar refractivity (Wildman–Crippen MR) is 76.2 cm³/mol. The lowest BCUT2D eigenvalue weighted by atomic mass is 9.81. The number of nitrogens with one attached hydrogen (secondary N) is 1. The molecule has 0 spiro atoms. The molecule has 1 atom stereocenters. The van der Waals surface area contributed by atoms with Crippen molar-refractivity contribution in [1.82, 2.24) is 5.32 Å². The first-order valence-corrected chi connectivity index (χ1v) is 7.40. The van der Waals surface area contributed by atoms with Crippen LogP contribution >= 0.6 is 0 Å². The molecular weight excluding hydrogens is 258 g/mol. The third-order valence-corrected chi connectivity index (χ3v) is 4.04. The zero-order valence-corrected chi connectivity index (χ0v) is 12.7. The molecule has 0 radical (unpaired) electrons. The van der Waals surface area contributed by atoms with Gasteiger partial charge in [-0.05, 0) is 44.4 Å². The Bertz CT molecular complexity index is 344. The number of rotatable bonds is 6. The van der Waals surface area contributed by atoms with Crippen molar-refractivity contribution in [3.63, 3.8) is 0 Å². The fraction of sp³-hybridized carbons (Fsp3) is 0.867. The second kappa shape index (κ2) is 7.07. The van der Waals surface area contributed by atoms with Gasteiger partial charge in [-0.25, -0.2) is 0 Å². The predicted octanol–water partition coefficient (Wildman–Crippen LogP) is 1.79. The molecule has 0 aromatic rings. The minimum absolute atomic E-state index is 0.0208. The summed E-state index contributed by atoms with van der Waals surface area (Å²) in [5, 5.41) is 21.3. The van der Waals surface area contributed by atoms with E-state index in [2.05, 4.69) is 5.32 Å². The van der Waals surface area contributed by atoms with Crippen LogP contribution in [0.4, 0.5) is 0 Å². The van der Waals surface area contributed by atoms with Crippen molar-refractivity contribution in [3.05, 3.63) is 0 Å². The zero-order chi connectivity index (χ0) is 15.3. The van der Waals surface area contributed by atoms with E-state index in [-0.39, 0.29) is 29.3 Å². The Kier molecular flexibility index (Phi) is 5.99. The molecule has 1 amide bonds. The molecular formula is C15H27NO4. The molecule has 1 saturated carbocycles. The van der Waals surface area contributed by atoms with Gasteiger partial charge in [-0.2, -0.15) is 0 Å². The minimum atomic E-state index is -0.748. The summed E-state index contributed by atoms with van der Waals surface area (Å²) in [5.74, 6) is -1.08. The Morgan fingerprint density at radius 1 is 1.20 bits per heavy atom. The van der Waals surface area contributed by atoms with Gasteiger partial charge in [-0.1, -0.05) is 13.8 Å². The average molecular weight is 285 g/mol. The van der Waals surface area contributed by atoms with Crippen molar-refractivity contribution in [2.24, 2.45) is 17.3 Å². The van der Waals surface area contributed by atoms with Crippen LogP contribution in [0.3, 0.4) is 0 Å². The minimum Gasteiger partial charge on any atom is -0.481 e. The molecule has 0 saturated heterocycles. The monoisotopic (exact) mass is 285 g/mol. The van der Waals surface area contributed by atoms with Gasteiger partial charge in [0.05, 0.1) is 12.0 Å². The molecule has 1 aliphatic rings. The van der Waals surface area contributed by atoms with Crippen LogP contribution < -0.4 is 5.32 Å². The number of aliphatic hydroxyl groups excluding tert-OH is 1. The van der Waals surface area contributed by atoms with Crippen molar-refractivity contribution in [2.45, 2.75) is 59.0 Å². The van der Waals surface area contributed by atoms with E-state index in [9.17, 15) is 14.7 Å². The summed E-state index contributed by atoms with van der Waals surface area (Å²) in [4.78, 5) is 23.0. The lowest BCUT2D eigenvalue weighted by Crippen LogP contribution is -2.40. The Morgan fingerprint density at radius 2 is 1.70 bits per heavy atom. The van der Waals surface area contributed by atoms with Crippen molar-refractivity contribution < 1.29 is 19.8 Å². The van der Waals surface area contributed by atoms with Gasteiger partial charge in [0.2, 0.25) is 5.91 Å². The summed E-state index contributed by atoms with van der Waals surface area (Å²) in [7, 11) is 0. The maximum Gasteiger partial charge on any atom is 0.306 e. The first kappa shape index (κ1) is 17.0. The van der Waals surface area contributed by atoms with E-state index in [4.69, 9.17) is 5.11 Å². The highest BCUT2D eigenvalue weighted by Gasteiger charge is 2.30. The second-order valence-electron chi connectivity index (χ2n) is 6.82. The van der Waals surface area contributed by atoms with Crippen LogP contribution in [0.15, 0.2) is 0 Å². The molecule has 1 unspecified atom stereocenters. The van der Waals surface area contributed by atoms with E-state index in [1.165, 1.54) is 0 Å². The normalized spacial score (nSPS) is 25.0. The Hall–Kier alpha value is -1.10. The molecule has 0 aromatic carbocycles. The van der Waals surface area contributed by atoms with Crippen molar-refractivity contribution in [2.75, 3.05) is 6.54 Å². The molecule has 0 bridgehead atoms. The fourth-order valence-electron chi connectivity index (χ4n) is 2.95. The average Bonchev–Trinajstić information content (AvgIpc) is 2.34. The van der Waals surface area contributed by atoms with Gasteiger partial charge < -0.3 is 15.5 Å². The van der Waals surface area contributed by atoms with Gasteiger partial charge in [0.25, 0.3) is 0 Å². The van der Waals surface area contributed by atoms with E-state index in [0.29, 0.717) is 38.6 Å². The number of hydrogen-bond donors (Lipinski definition) is 3. The molecule has 1 fully saturated rings. The molecule has 0 aliphatic heterocycles. The summed E-state index contributed by atoms with van der Waals surface area (Å²) in [5.41, 5.74) is -0.137. The largest absolute Gasteiger partial charge is 0.481 e. The van der Waals surface area contributed by atoms with Crippen LogP contribution in [0.1, 0.15) is 52.9 Å². The van der Waals surface area contributed by atoms with E-state index in [0.717, 1.165) is 0 Å². The van der Waals surface area contributed by atoms with Crippen LogP contribution in [0, 0.1) is 17.3 Å². The summed E-state index contributed by atoms with van der Waals surface area (Å²) >= 11 is 0. The highest BCUT2D eigenvalue weighted by molar-refractivity contribution is 5.79. The van der Waals surface area contributed by atoms with E-state index in [1.807, 2.05) is 13.8 Å². The maximum absolute atomic E-state index is 12.1. The van der Waals surface area contributed by atoms with Crippen molar-refractivity contribution in [3.8, 4) is 0 Å². The molecule has 3 N–H and O–H groups in total. The number of aliphatic carboxylic acids is 1. The van der Waals surface area contributed by atoms with Crippen LogP contribution in [0.2, 0.25) is 0 Å². The van der Waals surface area contributed by atoms with Crippen LogP contribution in [-0.2, 0) is 9.59 Å². The first-order chi connectivity index (χ1) is 9.21. The lowest BCUT2D eigenvalue weighted by molar-refractivity contribution is -0.144. The number of amides is 1. The number of carboxylic acids is 1. The molecule has 1 aliphatic carbocycles. The smallest absolute Gasteiger partial charge is 0.306 e. The van der Waals surface area contributed by atoms with Gasteiger partial charge in [-0.3, -0.25) is 9.59 Å². The number of carbonyl (C=O) groups excluding carboxylic acids is 1. The molecule has 1 rings (SSSR count). The SMILES string of the molecule is CC(O)CC(C)(C)CNC(=O)C1CCC(C(=O)O)CC1. The summed E-state index contributed by atoms with van der Waals surface area (Å²) in [6.45, 7) is 6.31. The third kappa shape index (κ3) is 5.49. The summed E-state index contributed by atoms with van der Waals surface area (Å²) in [6.07, 6.45) is 2.74. The van der Waals surface area contributed by atoms with Crippen molar-refractivity contribution in [1.29, 1.82) is 0 Å². The van der Waals surface area contributed by atoms with E-state index in [1.54, 1.807) is 6.92 Å². The maximum atomic E-state index is 12.1. The fourth-order valence-corrected chi connectivity index (χ4v) is 2.95. The molecule has 5 nitrogen and oxygen atoms in total. The number of aliphatic hydroxyl groups is 1. The highest BCUT2D eigenvalue weighted by atomic mass is 16.4. The molecule has 116 valence electrons. The van der Waals surface area contributed by atoms with Gasteiger partial charge in [0.1, 0.15) is 0 Å². The molecule has 5 heteroatoms. The lowest BCUT2D eigenvalue weighted by Gasteiger charge is -2.29. The van der Waals surface area contributed by atoms with E-state index >= 15 is 0 Å². The molecule has 20 heavy (non-hydrogen) atoms. The van der Waals surface area contributed by atoms with Crippen LogP contribution in [-0.4, -0.2) is 34.7 Å². The topological polar surface area (TPSA) is 86.6 Å². The van der Waals surface area contributed by atoms with Gasteiger partial charge in [0, 0.05) is 12.5 Å². The van der Waals surface area contributed by atoms with Gasteiger partial charge in [0.15, 0.2) is 0 Å². The second-order valence-corrected chi connectivity index (χ2v) is 6.82. The quantitative estimate of drug-likeness (QED) is 0.694. The first-order valence-electron chi connectivity index (χ1n) is 7.40. The summed E-state index contributed by atoms with van der Waals surface area (Å²) in [6, 6.07) is 0. The number of carboxylic acid groups (broad SMARTS) is 1. The Labute approximate surface area is 120 Å². The Balaban J connectivity index is 2.35. The van der Waals surface area contributed by atoms with E-state index < -0.39 is 5.97 Å². The summed E-state index contributed by atoms with van der Waals surface area (Å²) < 4.78 is 0. The van der Waals surface area contributed by atoms with Crippen LogP contribution in [0.25, 0.3) is 0 Å². The zero-order valence-electron chi connectivity index (χ0n) is 12.7. The molecule has 0 heterocycles. The Morgan fingerprint density at radius 3 is 2.15 bits per heavy atom. The van der Waals surface area contributed by atoms with Crippen molar-refractivity contribution >= 4 is 11.9 Å². The third-order valence-electron chi connectivity index (χ3n) is 4.04. The van der Waals surface area contributed by atoms with Gasteiger partial charge in [-0.15, -0.1) is 0 Å². The molecule has 0 aromatic heterocycles. The standard InChI is InChI=1S/C15H27NO4/c1-10(17)8-15(2,3)9-16-13(18)11-4-6-12(7-5-11)14(19)20/h10-12,17H,4-9H2,1-3H3,(H,16,18)(H,19,20). The van der Waals surface area contributed by atoms with Gasteiger partial charge >= 0.3 is 5.97 Å². The number of hydrogen-bond acceptors (Lipinski definition) is 3. The van der Waals surface area contributed by atoms with Crippen LogP contribution in [0.5, 0.6) is 0 Å². The highest BCUT2D eigenvalue weighted by Crippen LogP contribution is 2.29. The number of carbonyl (C=O) groups is 2.